The average molecular weight is 457 g/mol. The molecule has 4 aromatic rings. The summed E-state index contributed by atoms with van der Waals surface area (Å²) >= 11 is 6.50. The van der Waals surface area contributed by atoms with E-state index in [-0.39, 0.29) is 12.4 Å². The molecule has 0 unspecified atom stereocenters. The predicted octanol–water partition coefficient (Wildman–Crippen LogP) is 6.16. The molecule has 1 heterocycles. The fraction of sp³-hybridized carbons (Fsp3) is 0.200. The number of H-pyrrole nitrogens is 1. The first-order chi connectivity index (χ1) is 14.7. The van der Waals surface area contributed by atoms with E-state index in [2.05, 4.69) is 34.7 Å². The van der Waals surface area contributed by atoms with Gasteiger partial charge in [-0.25, -0.2) is 0 Å². The predicted molar refractivity (Wildman–Crippen MR) is 130 cm³/mol. The van der Waals surface area contributed by atoms with E-state index in [1.807, 2.05) is 48.5 Å². The molecule has 0 atom stereocenters. The van der Waals surface area contributed by atoms with E-state index in [4.69, 9.17) is 21.1 Å². The number of hydrogen-bond acceptors (Lipinski definition) is 3. The topological polar surface area (TPSA) is 46.3 Å². The van der Waals surface area contributed by atoms with Crippen LogP contribution in [0.3, 0.4) is 0 Å². The summed E-state index contributed by atoms with van der Waals surface area (Å²) in [6, 6.07) is 22.3. The lowest BCUT2D eigenvalue weighted by molar-refractivity contribution is 0.284. The smallest absolute Gasteiger partial charge is 0.180 e. The summed E-state index contributed by atoms with van der Waals surface area (Å²) in [6.07, 6.45) is 3.04. The second kappa shape index (κ2) is 11.1. The first-order valence-electron chi connectivity index (χ1n) is 10.0. The van der Waals surface area contributed by atoms with Gasteiger partial charge in [-0.05, 0) is 47.9 Å². The lowest BCUT2D eigenvalue weighted by atomic mass is 10.1. The molecule has 4 rings (SSSR count). The van der Waals surface area contributed by atoms with Gasteiger partial charge in [0.05, 0.1) is 12.1 Å². The van der Waals surface area contributed by atoms with Crippen molar-refractivity contribution in [2.24, 2.45) is 0 Å². The second-order valence-electron chi connectivity index (χ2n) is 7.17. The molecule has 0 saturated heterocycles. The molecular weight excluding hydrogens is 431 g/mol. The number of fused-ring (bicyclic) bond motifs is 1. The number of rotatable bonds is 9. The number of hydrogen-bond donors (Lipinski definition) is 2. The molecule has 1 aromatic heterocycles. The number of para-hydroxylation sites is 1. The van der Waals surface area contributed by atoms with Crippen molar-refractivity contribution in [3.8, 4) is 11.5 Å². The number of aromatic amines is 1. The molecule has 0 spiro atoms. The summed E-state index contributed by atoms with van der Waals surface area (Å²) in [5.41, 5.74) is 4.63. The monoisotopic (exact) mass is 456 g/mol. The molecule has 6 heteroatoms. The quantitative estimate of drug-likeness (QED) is 0.296. The SMILES string of the molecule is COc1cc(CNCCc2c[nH]c3ccccc23)cc(Cl)c1OCc1ccccc1.Cl. The van der Waals surface area contributed by atoms with Crippen molar-refractivity contribution in [3.63, 3.8) is 0 Å². The number of ether oxygens (including phenoxy) is 2. The summed E-state index contributed by atoms with van der Waals surface area (Å²) in [5.74, 6) is 1.22. The van der Waals surface area contributed by atoms with E-state index in [0.717, 1.165) is 24.1 Å². The van der Waals surface area contributed by atoms with Crippen LogP contribution in [0.25, 0.3) is 10.9 Å². The standard InChI is InChI=1S/C25H25ClN2O2.ClH/c1-29-24-14-19(13-22(26)25(24)30-17-18-7-3-2-4-8-18)15-27-12-11-20-16-28-23-10-6-5-9-21(20)23;/h2-10,13-14,16,27-28H,11-12,15,17H2,1H3;1H. The molecule has 0 amide bonds. The molecule has 0 radical (unpaired) electrons. The highest BCUT2D eigenvalue weighted by Crippen LogP contribution is 2.37. The molecule has 162 valence electrons. The molecule has 0 saturated carbocycles. The van der Waals surface area contributed by atoms with Crippen LogP contribution < -0.4 is 14.8 Å². The highest BCUT2D eigenvalue weighted by molar-refractivity contribution is 6.32. The largest absolute Gasteiger partial charge is 0.493 e. The second-order valence-corrected chi connectivity index (χ2v) is 7.58. The van der Waals surface area contributed by atoms with Crippen molar-refractivity contribution in [2.75, 3.05) is 13.7 Å². The van der Waals surface area contributed by atoms with Crippen LogP contribution in [-0.2, 0) is 19.6 Å². The summed E-state index contributed by atoms with van der Waals surface area (Å²) in [5, 5.41) is 5.33. The van der Waals surface area contributed by atoms with Gasteiger partial charge in [0.2, 0.25) is 0 Å². The summed E-state index contributed by atoms with van der Waals surface area (Å²) in [7, 11) is 1.63. The molecule has 0 fully saturated rings. The zero-order chi connectivity index (χ0) is 20.8. The van der Waals surface area contributed by atoms with E-state index < -0.39 is 0 Å². The molecule has 0 aliphatic carbocycles. The Morgan fingerprint density at radius 1 is 0.968 bits per heavy atom. The van der Waals surface area contributed by atoms with Crippen LogP contribution in [0.1, 0.15) is 16.7 Å². The number of aromatic nitrogens is 1. The summed E-state index contributed by atoms with van der Waals surface area (Å²) < 4.78 is 11.5. The van der Waals surface area contributed by atoms with Crippen molar-refractivity contribution < 1.29 is 9.47 Å². The lowest BCUT2D eigenvalue weighted by Crippen LogP contribution is -2.16. The van der Waals surface area contributed by atoms with Gasteiger partial charge < -0.3 is 19.8 Å². The molecular formula is C25H26Cl2N2O2. The van der Waals surface area contributed by atoms with Crippen molar-refractivity contribution in [3.05, 3.63) is 94.6 Å². The third kappa shape index (κ3) is 5.73. The number of methoxy groups -OCH3 is 1. The van der Waals surface area contributed by atoms with Crippen LogP contribution >= 0.6 is 24.0 Å². The molecule has 2 N–H and O–H groups in total. The Morgan fingerprint density at radius 3 is 2.55 bits per heavy atom. The van der Waals surface area contributed by atoms with Gasteiger partial charge in [-0.3, -0.25) is 0 Å². The Hall–Kier alpha value is -2.66. The molecule has 4 nitrogen and oxygen atoms in total. The highest BCUT2D eigenvalue weighted by Gasteiger charge is 2.12. The molecule has 3 aromatic carbocycles. The van der Waals surface area contributed by atoms with Gasteiger partial charge in [0.25, 0.3) is 0 Å². The van der Waals surface area contributed by atoms with E-state index in [9.17, 15) is 0 Å². The van der Waals surface area contributed by atoms with Crippen LogP contribution in [0.15, 0.2) is 72.9 Å². The number of benzene rings is 3. The van der Waals surface area contributed by atoms with Gasteiger partial charge in [-0.2, -0.15) is 0 Å². The van der Waals surface area contributed by atoms with Gasteiger partial charge in [-0.15, -0.1) is 12.4 Å². The molecule has 0 aliphatic heterocycles. The first-order valence-corrected chi connectivity index (χ1v) is 10.4. The lowest BCUT2D eigenvalue weighted by Gasteiger charge is -2.15. The summed E-state index contributed by atoms with van der Waals surface area (Å²) in [4.78, 5) is 3.32. The molecule has 0 bridgehead atoms. The van der Waals surface area contributed by atoms with Crippen molar-refractivity contribution in [1.82, 2.24) is 10.3 Å². The maximum absolute atomic E-state index is 6.50. The van der Waals surface area contributed by atoms with Crippen LogP contribution in [0, 0.1) is 0 Å². The Labute approximate surface area is 193 Å². The Morgan fingerprint density at radius 2 is 1.74 bits per heavy atom. The van der Waals surface area contributed by atoms with Gasteiger partial charge in [0.1, 0.15) is 6.61 Å². The fourth-order valence-corrected chi connectivity index (χ4v) is 3.83. The minimum Gasteiger partial charge on any atom is -0.493 e. The average Bonchev–Trinajstić information content (AvgIpc) is 3.19. The third-order valence-corrected chi connectivity index (χ3v) is 5.37. The summed E-state index contributed by atoms with van der Waals surface area (Å²) in [6.45, 7) is 2.02. The maximum atomic E-state index is 6.50. The van der Waals surface area contributed by atoms with Crippen molar-refractivity contribution >= 4 is 34.9 Å². The Kier molecular flexibility index (Phi) is 8.24. The van der Waals surface area contributed by atoms with Gasteiger partial charge in [-0.1, -0.05) is 60.1 Å². The zero-order valence-corrected chi connectivity index (χ0v) is 18.9. The van der Waals surface area contributed by atoms with Crippen molar-refractivity contribution in [2.45, 2.75) is 19.6 Å². The van der Waals surface area contributed by atoms with Crippen LogP contribution in [0.5, 0.6) is 11.5 Å². The van der Waals surface area contributed by atoms with Gasteiger partial charge in [0.15, 0.2) is 11.5 Å². The van der Waals surface area contributed by atoms with Gasteiger partial charge >= 0.3 is 0 Å². The number of halogens is 2. The van der Waals surface area contributed by atoms with Crippen LogP contribution in [0.4, 0.5) is 0 Å². The molecule has 31 heavy (non-hydrogen) atoms. The third-order valence-electron chi connectivity index (χ3n) is 5.09. The van der Waals surface area contributed by atoms with Crippen LogP contribution in [0.2, 0.25) is 5.02 Å². The van der Waals surface area contributed by atoms with E-state index in [1.54, 1.807) is 7.11 Å². The number of nitrogens with one attached hydrogen (secondary N) is 2. The first kappa shape index (κ1) is 23.0. The normalized spacial score (nSPS) is 10.6. The Balaban J connectivity index is 0.00000272. The minimum absolute atomic E-state index is 0. The maximum Gasteiger partial charge on any atom is 0.180 e. The van der Waals surface area contributed by atoms with Crippen LogP contribution in [-0.4, -0.2) is 18.6 Å². The van der Waals surface area contributed by atoms with E-state index in [1.165, 1.54) is 16.5 Å². The highest BCUT2D eigenvalue weighted by atomic mass is 35.5. The fourth-order valence-electron chi connectivity index (χ4n) is 3.54. The van der Waals surface area contributed by atoms with E-state index in [0.29, 0.717) is 29.7 Å². The minimum atomic E-state index is 0. The van der Waals surface area contributed by atoms with Crippen molar-refractivity contribution in [1.29, 1.82) is 0 Å². The Bertz CT molecular complexity index is 1110. The van der Waals surface area contributed by atoms with E-state index >= 15 is 0 Å². The molecule has 0 aliphatic rings. The van der Waals surface area contributed by atoms with Gasteiger partial charge in [0, 0.05) is 23.6 Å². The zero-order valence-electron chi connectivity index (χ0n) is 17.4.